The molecule has 2 unspecified atom stereocenters. The third kappa shape index (κ3) is 5.66. The Morgan fingerprint density at radius 3 is 2.25 bits per heavy atom. The van der Waals surface area contributed by atoms with Crippen LogP contribution in [0.5, 0.6) is 0 Å². The Hall–Kier alpha value is -2.90. The minimum atomic E-state index is -1.03. The van der Waals surface area contributed by atoms with E-state index in [1.54, 1.807) is 37.3 Å². The standard InChI is InChI=1S/C23H22Cl2N2O5/c1-13(18-8-7-17(24)11-19(18)25)26-22(30)14(2)32-23(31)16-5-3-15(4-6-16)12-27-20(28)9-10-21(27)29/h3-8,11,13-14H,9-10,12H2,1-2H3,(H,26,30). The van der Waals surface area contributed by atoms with E-state index in [2.05, 4.69) is 5.32 Å². The number of benzene rings is 2. The van der Waals surface area contributed by atoms with E-state index in [9.17, 15) is 19.2 Å². The molecule has 1 N–H and O–H groups in total. The Bertz CT molecular complexity index is 1040. The Morgan fingerprint density at radius 1 is 1.03 bits per heavy atom. The lowest BCUT2D eigenvalue weighted by molar-refractivity contribution is -0.139. The predicted octanol–water partition coefficient (Wildman–Crippen LogP) is 4.07. The molecule has 1 heterocycles. The van der Waals surface area contributed by atoms with E-state index in [-0.39, 0.29) is 36.8 Å². The number of carbonyl (C=O) groups is 4. The third-order valence-electron chi connectivity index (χ3n) is 5.13. The fourth-order valence-corrected chi connectivity index (χ4v) is 3.84. The number of nitrogens with one attached hydrogen (secondary N) is 1. The van der Waals surface area contributed by atoms with Crippen LogP contribution in [0.25, 0.3) is 0 Å². The van der Waals surface area contributed by atoms with E-state index in [0.717, 1.165) is 0 Å². The summed E-state index contributed by atoms with van der Waals surface area (Å²) in [6.07, 6.45) is -0.575. The second-order valence-corrected chi connectivity index (χ2v) is 8.36. The van der Waals surface area contributed by atoms with Crippen molar-refractivity contribution >= 4 is 46.9 Å². The number of carbonyl (C=O) groups excluding carboxylic acids is 4. The zero-order valence-corrected chi connectivity index (χ0v) is 19.1. The molecule has 7 nitrogen and oxygen atoms in total. The van der Waals surface area contributed by atoms with E-state index in [1.807, 2.05) is 0 Å². The van der Waals surface area contributed by atoms with Gasteiger partial charge in [-0.25, -0.2) is 4.79 Å². The molecule has 0 saturated carbocycles. The van der Waals surface area contributed by atoms with E-state index in [1.165, 1.54) is 24.0 Å². The maximum atomic E-state index is 12.5. The molecule has 3 rings (SSSR count). The van der Waals surface area contributed by atoms with Crippen LogP contribution in [0.3, 0.4) is 0 Å². The number of ether oxygens (including phenoxy) is 1. The molecule has 0 spiro atoms. The number of nitrogens with zero attached hydrogens (tertiary/aromatic N) is 1. The van der Waals surface area contributed by atoms with Gasteiger partial charge in [0.2, 0.25) is 11.8 Å². The van der Waals surface area contributed by atoms with E-state index < -0.39 is 24.0 Å². The van der Waals surface area contributed by atoms with Crippen molar-refractivity contribution in [2.45, 2.75) is 45.4 Å². The Morgan fingerprint density at radius 2 is 1.66 bits per heavy atom. The molecule has 0 bridgehead atoms. The van der Waals surface area contributed by atoms with E-state index in [4.69, 9.17) is 27.9 Å². The molecule has 1 saturated heterocycles. The van der Waals surface area contributed by atoms with Gasteiger partial charge in [0.15, 0.2) is 6.10 Å². The first-order chi connectivity index (χ1) is 15.2. The number of likely N-dealkylation sites (tertiary alicyclic amines) is 1. The molecule has 0 radical (unpaired) electrons. The maximum absolute atomic E-state index is 12.5. The summed E-state index contributed by atoms with van der Waals surface area (Å²) in [5, 5.41) is 3.67. The van der Waals surface area contributed by atoms with Crippen LogP contribution in [0.15, 0.2) is 42.5 Å². The molecular weight excluding hydrogens is 455 g/mol. The van der Waals surface area contributed by atoms with Gasteiger partial charge in [-0.2, -0.15) is 0 Å². The lowest BCUT2D eigenvalue weighted by Crippen LogP contribution is -2.37. The normalized spacial score (nSPS) is 15.4. The Kier molecular flexibility index (Phi) is 7.53. The number of halogens is 2. The predicted molar refractivity (Wildman–Crippen MR) is 119 cm³/mol. The number of imide groups is 1. The Labute approximate surface area is 195 Å². The third-order valence-corrected chi connectivity index (χ3v) is 5.69. The van der Waals surface area contributed by atoms with Gasteiger partial charge >= 0.3 is 5.97 Å². The van der Waals surface area contributed by atoms with Crippen LogP contribution in [-0.2, 0) is 25.7 Å². The second-order valence-electron chi connectivity index (χ2n) is 7.51. The van der Waals surface area contributed by atoms with Crippen molar-refractivity contribution < 1.29 is 23.9 Å². The van der Waals surface area contributed by atoms with Crippen molar-refractivity contribution in [3.63, 3.8) is 0 Å². The Balaban J connectivity index is 1.55. The number of hydrogen-bond donors (Lipinski definition) is 1. The first-order valence-corrected chi connectivity index (χ1v) is 10.8. The van der Waals surface area contributed by atoms with Gasteiger partial charge in [-0.05, 0) is 49.2 Å². The number of rotatable bonds is 7. The van der Waals surface area contributed by atoms with Crippen LogP contribution in [-0.4, -0.2) is 34.7 Å². The minimum Gasteiger partial charge on any atom is -0.449 e. The van der Waals surface area contributed by atoms with Crippen LogP contribution in [0, 0.1) is 0 Å². The largest absolute Gasteiger partial charge is 0.449 e. The zero-order valence-electron chi connectivity index (χ0n) is 17.6. The molecule has 2 atom stereocenters. The van der Waals surface area contributed by atoms with Crippen LogP contribution in [0.1, 0.15) is 54.2 Å². The molecule has 2 aromatic carbocycles. The molecule has 168 valence electrons. The highest BCUT2D eigenvalue weighted by molar-refractivity contribution is 6.35. The summed E-state index contributed by atoms with van der Waals surface area (Å²) < 4.78 is 5.27. The second kappa shape index (κ2) is 10.1. The molecule has 32 heavy (non-hydrogen) atoms. The molecule has 1 fully saturated rings. The molecule has 2 aromatic rings. The van der Waals surface area contributed by atoms with Gasteiger partial charge in [0, 0.05) is 22.9 Å². The van der Waals surface area contributed by atoms with Crippen molar-refractivity contribution in [3.05, 3.63) is 69.2 Å². The average molecular weight is 477 g/mol. The molecular formula is C23H22Cl2N2O5. The SMILES string of the molecule is CC(OC(=O)c1ccc(CN2C(=O)CCC2=O)cc1)C(=O)NC(C)c1ccc(Cl)cc1Cl. The summed E-state index contributed by atoms with van der Waals surface area (Å²) in [5.74, 6) is -1.54. The number of hydrogen-bond acceptors (Lipinski definition) is 5. The first kappa shape index (κ1) is 23.8. The van der Waals surface area contributed by atoms with Crippen molar-refractivity contribution in [1.82, 2.24) is 10.2 Å². The average Bonchev–Trinajstić information content (AvgIpc) is 3.06. The summed E-state index contributed by atoms with van der Waals surface area (Å²) >= 11 is 12.1. The summed E-state index contributed by atoms with van der Waals surface area (Å²) in [7, 11) is 0. The van der Waals surface area contributed by atoms with Gasteiger partial charge in [-0.1, -0.05) is 41.4 Å². The maximum Gasteiger partial charge on any atom is 0.338 e. The van der Waals surface area contributed by atoms with Crippen molar-refractivity contribution in [1.29, 1.82) is 0 Å². The van der Waals surface area contributed by atoms with Gasteiger partial charge in [0.25, 0.3) is 5.91 Å². The first-order valence-electron chi connectivity index (χ1n) is 10.0. The van der Waals surface area contributed by atoms with Crippen molar-refractivity contribution in [3.8, 4) is 0 Å². The zero-order chi connectivity index (χ0) is 23.4. The monoisotopic (exact) mass is 476 g/mol. The van der Waals surface area contributed by atoms with Crippen LogP contribution in [0.2, 0.25) is 10.0 Å². The summed E-state index contributed by atoms with van der Waals surface area (Å²) in [4.78, 5) is 49.5. The van der Waals surface area contributed by atoms with Gasteiger partial charge in [0.05, 0.1) is 18.2 Å². The molecule has 0 aromatic heterocycles. The van der Waals surface area contributed by atoms with Crippen LogP contribution in [0.4, 0.5) is 0 Å². The molecule has 9 heteroatoms. The highest BCUT2D eigenvalue weighted by Gasteiger charge is 2.28. The molecule has 0 aliphatic carbocycles. The number of amides is 3. The smallest absolute Gasteiger partial charge is 0.338 e. The van der Waals surface area contributed by atoms with Gasteiger partial charge in [-0.15, -0.1) is 0 Å². The number of esters is 1. The van der Waals surface area contributed by atoms with Crippen LogP contribution < -0.4 is 5.32 Å². The lowest BCUT2D eigenvalue weighted by atomic mass is 10.1. The van der Waals surface area contributed by atoms with Gasteiger partial charge in [-0.3, -0.25) is 19.3 Å². The van der Waals surface area contributed by atoms with Gasteiger partial charge < -0.3 is 10.1 Å². The van der Waals surface area contributed by atoms with Crippen molar-refractivity contribution in [2.24, 2.45) is 0 Å². The topological polar surface area (TPSA) is 92.8 Å². The molecule has 3 amide bonds. The summed E-state index contributed by atoms with van der Waals surface area (Å²) in [6.45, 7) is 3.40. The highest BCUT2D eigenvalue weighted by Crippen LogP contribution is 2.26. The summed E-state index contributed by atoms with van der Waals surface area (Å²) in [6, 6.07) is 10.9. The van der Waals surface area contributed by atoms with Crippen LogP contribution >= 0.6 is 23.2 Å². The van der Waals surface area contributed by atoms with E-state index >= 15 is 0 Å². The summed E-state index contributed by atoms with van der Waals surface area (Å²) in [5.41, 5.74) is 1.65. The lowest BCUT2D eigenvalue weighted by Gasteiger charge is -2.19. The minimum absolute atomic E-state index is 0.164. The van der Waals surface area contributed by atoms with E-state index in [0.29, 0.717) is 21.2 Å². The quantitative estimate of drug-likeness (QED) is 0.480. The fraction of sp³-hybridized carbons (Fsp3) is 0.304. The highest BCUT2D eigenvalue weighted by atomic mass is 35.5. The van der Waals surface area contributed by atoms with Crippen molar-refractivity contribution in [2.75, 3.05) is 0 Å². The van der Waals surface area contributed by atoms with Gasteiger partial charge in [0.1, 0.15) is 0 Å². The molecule has 1 aliphatic heterocycles. The molecule has 1 aliphatic rings. The fourth-order valence-electron chi connectivity index (χ4n) is 3.27.